The number of hydrogen-bond acceptors (Lipinski definition) is 2. The van der Waals surface area contributed by atoms with Crippen LogP contribution in [0.5, 0.6) is 0 Å². The van der Waals surface area contributed by atoms with Crippen molar-refractivity contribution < 1.29 is 14.3 Å². The summed E-state index contributed by atoms with van der Waals surface area (Å²) in [6.07, 6.45) is 5.02. The minimum absolute atomic E-state index is 0.0337. The smallest absolute Gasteiger partial charge is 0.408 e. The largest absolute Gasteiger partial charge is 0.547 e. The number of amides is 1. The van der Waals surface area contributed by atoms with Crippen molar-refractivity contribution in [3.63, 3.8) is 0 Å². The molecule has 2 rings (SSSR count). The summed E-state index contributed by atoms with van der Waals surface area (Å²) in [6, 6.07) is 0.161. The van der Waals surface area contributed by atoms with Crippen LogP contribution in [0.25, 0.3) is 0 Å². The summed E-state index contributed by atoms with van der Waals surface area (Å²) in [5.41, 5.74) is 0. The van der Waals surface area contributed by atoms with Crippen molar-refractivity contribution in [3.05, 3.63) is 11.8 Å². The van der Waals surface area contributed by atoms with E-state index in [2.05, 4.69) is 19.6 Å². The van der Waals surface area contributed by atoms with Crippen LogP contribution in [0.3, 0.4) is 0 Å². The summed E-state index contributed by atoms with van der Waals surface area (Å²) < 4.78 is 6.02. The molecule has 4 nitrogen and oxygen atoms in total. The predicted octanol–water partition coefficient (Wildman–Crippen LogP) is 3.03. The minimum atomic E-state index is -1.58. The van der Waals surface area contributed by atoms with Crippen LogP contribution < -0.4 is 0 Å². The molecule has 2 atom stereocenters. The quantitative estimate of drug-likeness (QED) is 0.772. The summed E-state index contributed by atoms with van der Waals surface area (Å²) in [5.74, 6) is 1.02. The van der Waals surface area contributed by atoms with E-state index in [1.54, 1.807) is 4.90 Å². The highest BCUT2D eigenvalue weighted by molar-refractivity contribution is 6.70. The van der Waals surface area contributed by atoms with Gasteiger partial charge in [-0.2, -0.15) is 0 Å². The van der Waals surface area contributed by atoms with Crippen LogP contribution >= 0.6 is 0 Å². The van der Waals surface area contributed by atoms with Gasteiger partial charge in [-0.3, -0.25) is 4.90 Å². The van der Waals surface area contributed by atoms with Crippen LogP contribution in [0.15, 0.2) is 11.8 Å². The molecule has 0 aromatic rings. The molecular formula is C12H21NO3Si. The standard InChI is InChI=1S/C12H21NO3Si/c1-17(2,3)16-11-7-9-5-4-6-10(8-11)13(9)12(14)15/h7,9-10H,4-6,8H2,1-3H3,(H,14,15). The highest BCUT2D eigenvalue weighted by atomic mass is 28.4. The van der Waals surface area contributed by atoms with Gasteiger partial charge in [-0.15, -0.1) is 0 Å². The second-order valence-corrected chi connectivity index (χ2v) is 10.3. The topological polar surface area (TPSA) is 49.8 Å². The zero-order valence-electron chi connectivity index (χ0n) is 10.8. The first kappa shape index (κ1) is 12.5. The van der Waals surface area contributed by atoms with Gasteiger partial charge in [0, 0.05) is 12.5 Å². The van der Waals surface area contributed by atoms with Crippen molar-refractivity contribution in [1.29, 1.82) is 0 Å². The molecule has 0 saturated carbocycles. The van der Waals surface area contributed by atoms with Gasteiger partial charge in [0.05, 0.1) is 11.8 Å². The van der Waals surface area contributed by atoms with Gasteiger partial charge in [-0.05, 0) is 45.0 Å². The van der Waals surface area contributed by atoms with Crippen LogP contribution in [0, 0.1) is 0 Å². The Morgan fingerprint density at radius 1 is 1.47 bits per heavy atom. The molecule has 2 heterocycles. The third kappa shape index (κ3) is 2.83. The summed E-state index contributed by atoms with van der Waals surface area (Å²) >= 11 is 0. The number of hydrogen-bond donors (Lipinski definition) is 1. The highest BCUT2D eigenvalue weighted by Gasteiger charge is 2.38. The molecule has 0 spiro atoms. The van der Waals surface area contributed by atoms with Crippen molar-refractivity contribution in [2.45, 2.75) is 57.4 Å². The fourth-order valence-corrected chi connectivity index (χ4v) is 3.70. The Morgan fingerprint density at radius 2 is 2.18 bits per heavy atom. The summed E-state index contributed by atoms with van der Waals surface area (Å²) in [7, 11) is -1.58. The number of fused-ring (bicyclic) bond motifs is 2. The monoisotopic (exact) mass is 255 g/mol. The number of piperidine rings is 1. The van der Waals surface area contributed by atoms with E-state index in [0.717, 1.165) is 31.4 Å². The third-order valence-electron chi connectivity index (χ3n) is 3.26. The lowest BCUT2D eigenvalue weighted by Crippen LogP contribution is -2.51. The first-order valence-corrected chi connectivity index (χ1v) is 9.68. The van der Waals surface area contributed by atoms with Crippen LogP contribution in [-0.4, -0.2) is 36.5 Å². The maximum atomic E-state index is 11.2. The van der Waals surface area contributed by atoms with Crippen LogP contribution in [0.1, 0.15) is 25.7 Å². The molecule has 0 radical (unpaired) electrons. The Morgan fingerprint density at radius 3 is 2.71 bits per heavy atom. The van der Waals surface area contributed by atoms with Gasteiger partial charge in [0.15, 0.2) is 0 Å². The predicted molar refractivity (Wildman–Crippen MR) is 68.4 cm³/mol. The van der Waals surface area contributed by atoms with Gasteiger partial charge in [0.2, 0.25) is 8.32 Å². The molecule has 2 bridgehead atoms. The maximum absolute atomic E-state index is 11.2. The summed E-state index contributed by atoms with van der Waals surface area (Å²) in [5, 5.41) is 9.23. The number of rotatable bonds is 2. The van der Waals surface area contributed by atoms with Crippen LogP contribution in [0.2, 0.25) is 19.6 Å². The molecule has 5 heteroatoms. The molecular weight excluding hydrogens is 234 g/mol. The Kier molecular flexibility index (Phi) is 3.20. The highest BCUT2D eigenvalue weighted by Crippen LogP contribution is 2.34. The Labute approximate surface area is 103 Å². The zero-order chi connectivity index (χ0) is 12.6. The van der Waals surface area contributed by atoms with Gasteiger partial charge in [-0.1, -0.05) is 0 Å². The lowest BCUT2D eigenvalue weighted by atomic mass is 9.89. The van der Waals surface area contributed by atoms with E-state index in [1.807, 2.05) is 6.08 Å². The zero-order valence-corrected chi connectivity index (χ0v) is 11.8. The minimum Gasteiger partial charge on any atom is -0.547 e. The molecule has 96 valence electrons. The summed E-state index contributed by atoms with van der Waals surface area (Å²) in [4.78, 5) is 12.8. The van der Waals surface area contributed by atoms with E-state index >= 15 is 0 Å². The van der Waals surface area contributed by atoms with Crippen molar-refractivity contribution in [1.82, 2.24) is 4.90 Å². The average Bonchev–Trinajstić information content (AvgIpc) is 2.12. The molecule has 2 unspecified atom stereocenters. The van der Waals surface area contributed by atoms with Gasteiger partial charge in [0.25, 0.3) is 0 Å². The molecule has 0 aromatic carbocycles. The van der Waals surface area contributed by atoms with E-state index in [1.165, 1.54) is 0 Å². The number of nitrogens with zero attached hydrogens (tertiary/aromatic N) is 1. The van der Waals surface area contributed by atoms with Crippen molar-refractivity contribution in [2.24, 2.45) is 0 Å². The average molecular weight is 255 g/mol. The van der Waals surface area contributed by atoms with Gasteiger partial charge in [0.1, 0.15) is 0 Å². The molecule has 17 heavy (non-hydrogen) atoms. The molecule has 2 aliphatic heterocycles. The Bertz CT molecular complexity index is 348. The number of carboxylic acid groups (broad SMARTS) is 1. The second kappa shape index (κ2) is 4.36. The normalized spacial score (nSPS) is 28.6. The lowest BCUT2D eigenvalue weighted by Gasteiger charge is -2.43. The van der Waals surface area contributed by atoms with Gasteiger partial charge >= 0.3 is 6.09 Å². The third-order valence-corrected chi connectivity index (χ3v) is 4.14. The molecule has 1 N–H and O–H groups in total. The van der Waals surface area contributed by atoms with Gasteiger partial charge < -0.3 is 9.53 Å². The lowest BCUT2D eigenvalue weighted by molar-refractivity contribution is 0.0727. The van der Waals surface area contributed by atoms with Crippen LogP contribution in [-0.2, 0) is 4.43 Å². The fourth-order valence-electron chi connectivity index (χ4n) is 2.76. The van der Waals surface area contributed by atoms with E-state index < -0.39 is 14.4 Å². The van der Waals surface area contributed by atoms with E-state index in [9.17, 15) is 9.90 Å². The summed E-state index contributed by atoms with van der Waals surface area (Å²) in [6.45, 7) is 6.48. The molecule has 2 aliphatic rings. The first-order valence-electron chi connectivity index (χ1n) is 6.28. The SMILES string of the molecule is C[Si](C)(C)OC1=CC2CCCC(C1)N2C(=O)O. The van der Waals surface area contributed by atoms with Gasteiger partial charge in [-0.25, -0.2) is 4.79 Å². The van der Waals surface area contributed by atoms with Crippen molar-refractivity contribution in [3.8, 4) is 0 Å². The Balaban J connectivity index is 2.16. The fraction of sp³-hybridized carbons (Fsp3) is 0.750. The molecule has 0 aliphatic carbocycles. The van der Waals surface area contributed by atoms with Crippen molar-refractivity contribution in [2.75, 3.05) is 0 Å². The van der Waals surface area contributed by atoms with E-state index in [0.29, 0.717) is 0 Å². The van der Waals surface area contributed by atoms with Crippen molar-refractivity contribution >= 4 is 14.4 Å². The molecule has 1 saturated heterocycles. The van der Waals surface area contributed by atoms with Crippen LogP contribution in [0.4, 0.5) is 4.79 Å². The molecule has 1 amide bonds. The maximum Gasteiger partial charge on any atom is 0.408 e. The van der Waals surface area contributed by atoms with E-state index in [-0.39, 0.29) is 12.1 Å². The number of carbonyl (C=O) groups is 1. The molecule has 1 fully saturated rings. The Hall–Kier alpha value is -0.973. The first-order chi connectivity index (χ1) is 7.87. The molecule has 0 aromatic heterocycles. The second-order valence-electron chi connectivity index (χ2n) is 5.89. The van der Waals surface area contributed by atoms with E-state index in [4.69, 9.17) is 4.43 Å².